The van der Waals surface area contributed by atoms with Gasteiger partial charge in [-0.05, 0) is 0 Å². The van der Waals surface area contributed by atoms with E-state index in [1.54, 1.807) is 0 Å². The van der Waals surface area contributed by atoms with Gasteiger partial charge in [0.2, 0.25) is 0 Å². The lowest BCUT2D eigenvalue weighted by Crippen LogP contribution is -2.03. The van der Waals surface area contributed by atoms with Gasteiger partial charge in [0.05, 0.1) is 6.61 Å². The molecule has 1 N–H and O–H groups in total. The van der Waals surface area contributed by atoms with Gasteiger partial charge in [0.25, 0.3) is 6.43 Å². The summed E-state index contributed by atoms with van der Waals surface area (Å²) < 4.78 is 49.2. The predicted octanol–water partition coefficient (Wildman–Crippen LogP) is 1.79. The summed E-state index contributed by atoms with van der Waals surface area (Å²) in [5, 5.41) is 8.44. The van der Waals surface area contributed by atoms with Crippen molar-refractivity contribution in [3.63, 3.8) is 0 Å². The number of nitrogens with zero attached hydrogens (tertiary/aromatic N) is 1. The quantitative estimate of drug-likeness (QED) is 0.729. The molecule has 6 heteroatoms. The fraction of sp³-hybridized carbons (Fsp3) is 0.286. The highest BCUT2D eigenvalue weighted by atomic mass is 19.3. The van der Waals surface area contributed by atoms with Crippen LogP contribution in [-0.2, 0) is 6.61 Å². The van der Waals surface area contributed by atoms with E-state index in [0.717, 1.165) is 0 Å². The molecule has 0 unspecified atom stereocenters. The van der Waals surface area contributed by atoms with Crippen LogP contribution in [-0.4, -0.2) is 10.1 Å². The van der Waals surface area contributed by atoms with Gasteiger partial charge >= 0.3 is 0 Å². The summed E-state index contributed by atoms with van der Waals surface area (Å²) in [7, 11) is 0. The molecule has 1 aromatic rings. The number of pyridine rings is 1. The lowest BCUT2D eigenvalue weighted by atomic mass is 10.2. The van der Waals surface area contributed by atoms with Crippen LogP contribution >= 0.6 is 0 Å². The van der Waals surface area contributed by atoms with Gasteiger partial charge in [-0.1, -0.05) is 0 Å². The van der Waals surface area contributed by atoms with E-state index in [1.165, 1.54) is 0 Å². The molecule has 0 fully saturated rings. The summed E-state index contributed by atoms with van der Waals surface area (Å²) in [4.78, 5) is 2.98. The Morgan fingerprint density at radius 1 is 1.31 bits per heavy atom. The van der Waals surface area contributed by atoms with Crippen LogP contribution in [0.15, 0.2) is 6.20 Å². The highest BCUT2D eigenvalue weighted by Gasteiger charge is 2.20. The zero-order chi connectivity index (χ0) is 10.0. The van der Waals surface area contributed by atoms with Gasteiger partial charge in [-0.25, -0.2) is 17.6 Å². The number of hydrogen-bond donors (Lipinski definition) is 1. The van der Waals surface area contributed by atoms with Gasteiger partial charge in [0, 0.05) is 11.8 Å². The first kappa shape index (κ1) is 9.91. The zero-order valence-electron chi connectivity index (χ0n) is 6.27. The Balaban J connectivity index is 3.23. The van der Waals surface area contributed by atoms with Crippen molar-refractivity contribution in [3.05, 3.63) is 29.1 Å². The van der Waals surface area contributed by atoms with Crippen LogP contribution in [0, 0.1) is 11.6 Å². The molecule has 0 atom stereocenters. The second-order valence-corrected chi connectivity index (χ2v) is 2.26. The second-order valence-electron chi connectivity index (χ2n) is 2.26. The van der Waals surface area contributed by atoms with Crippen molar-refractivity contribution in [2.24, 2.45) is 0 Å². The Labute approximate surface area is 70.8 Å². The largest absolute Gasteiger partial charge is 0.392 e. The minimum atomic E-state index is -3.16. The average molecular weight is 195 g/mol. The lowest BCUT2D eigenvalue weighted by molar-refractivity contribution is 0.138. The van der Waals surface area contributed by atoms with Crippen LogP contribution < -0.4 is 0 Å². The minimum absolute atomic E-state index is 0.443. The van der Waals surface area contributed by atoms with Gasteiger partial charge < -0.3 is 5.11 Å². The smallest absolute Gasteiger partial charge is 0.283 e. The Morgan fingerprint density at radius 3 is 2.38 bits per heavy atom. The molecule has 0 spiro atoms. The predicted molar refractivity (Wildman–Crippen MR) is 35.0 cm³/mol. The molecular formula is C7H5F4NO. The summed E-state index contributed by atoms with van der Waals surface area (Å²) in [5.41, 5.74) is -1.68. The normalized spacial score (nSPS) is 10.9. The molecule has 0 saturated carbocycles. The third-order valence-corrected chi connectivity index (χ3v) is 1.44. The molecule has 0 radical (unpaired) electrons. The molecule has 0 bridgehead atoms. The molecule has 2 nitrogen and oxygen atoms in total. The van der Waals surface area contributed by atoms with Crippen molar-refractivity contribution in [2.75, 3.05) is 0 Å². The summed E-state index contributed by atoms with van der Waals surface area (Å²) in [6.07, 6.45) is -2.48. The van der Waals surface area contributed by atoms with E-state index < -0.39 is 35.9 Å². The summed E-state index contributed by atoms with van der Waals surface area (Å²) in [6.45, 7) is -0.779. The topological polar surface area (TPSA) is 33.1 Å². The summed E-state index contributed by atoms with van der Waals surface area (Å²) >= 11 is 0. The highest BCUT2D eigenvalue weighted by molar-refractivity contribution is 5.18. The molecule has 0 aliphatic carbocycles. The van der Waals surface area contributed by atoms with Crippen LogP contribution in [0.1, 0.15) is 17.7 Å². The molecule has 0 aliphatic rings. The Kier molecular flexibility index (Phi) is 2.82. The number of aromatic nitrogens is 1. The Morgan fingerprint density at radius 2 is 1.92 bits per heavy atom. The molecule has 72 valence electrons. The third kappa shape index (κ3) is 1.77. The molecule has 1 rings (SSSR count). The zero-order valence-corrected chi connectivity index (χ0v) is 6.27. The number of alkyl halides is 2. The molecule has 0 aromatic carbocycles. The highest BCUT2D eigenvalue weighted by Crippen LogP contribution is 2.22. The number of aliphatic hydroxyl groups is 1. The van der Waals surface area contributed by atoms with E-state index in [1.807, 2.05) is 0 Å². The van der Waals surface area contributed by atoms with Gasteiger partial charge in [0.15, 0.2) is 11.6 Å². The van der Waals surface area contributed by atoms with E-state index in [-0.39, 0.29) is 0 Å². The summed E-state index contributed by atoms with van der Waals surface area (Å²) in [6, 6.07) is 0. The molecule has 0 saturated heterocycles. The lowest BCUT2D eigenvalue weighted by Gasteiger charge is -2.04. The van der Waals surface area contributed by atoms with Crippen LogP contribution in [0.25, 0.3) is 0 Å². The van der Waals surface area contributed by atoms with Crippen LogP contribution in [0.2, 0.25) is 0 Å². The maximum Gasteiger partial charge on any atom is 0.283 e. The number of halogens is 4. The van der Waals surface area contributed by atoms with Crippen molar-refractivity contribution < 1.29 is 22.7 Å². The van der Waals surface area contributed by atoms with E-state index in [4.69, 9.17) is 5.11 Å². The minimum Gasteiger partial charge on any atom is -0.392 e. The van der Waals surface area contributed by atoms with Crippen LogP contribution in [0.4, 0.5) is 17.6 Å². The summed E-state index contributed by atoms with van der Waals surface area (Å²) in [5.74, 6) is -3.19. The molecular weight excluding hydrogens is 190 g/mol. The monoisotopic (exact) mass is 195 g/mol. The van der Waals surface area contributed by atoms with Gasteiger partial charge in [-0.3, -0.25) is 4.98 Å². The van der Waals surface area contributed by atoms with Crippen molar-refractivity contribution in [2.45, 2.75) is 13.0 Å². The van der Waals surface area contributed by atoms with Crippen molar-refractivity contribution in [3.8, 4) is 0 Å². The van der Waals surface area contributed by atoms with Crippen molar-refractivity contribution in [1.82, 2.24) is 4.98 Å². The van der Waals surface area contributed by atoms with Crippen LogP contribution in [0.5, 0.6) is 0 Å². The number of rotatable bonds is 2. The van der Waals surface area contributed by atoms with Gasteiger partial charge in [-0.2, -0.15) is 0 Å². The maximum absolute atomic E-state index is 12.7. The molecule has 0 aliphatic heterocycles. The SMILES string of the molecule is OCc1cnc(C(F)F)c(F)c1F. The van der Waals surface area contributed by atoms with Gasteiger partial charge in [-0.15, -0.1) is 0 Å². The van der Waals surface area contributed by atoms with Crippen LogP contribution in [0.3, 0.4) is 0 Å². The fourth-order valence-corrected chi connectivity index (χ4v) is 0.777. The standard InChI is InChI=1S/C7H5F4NO/c8-4-3(2-13)1-12-6(5(4)9)7(10)11/h1,7,13H,2H2. The first-order valence-electron chi connectivity index (χ1n) is 3.29. The fourth-order valence-electron chi connectivity index (χ4n) is 0.777. The number of aliphatic hydroxyl groups excluding tert-OH is 1. The van der Waals surface area contributed by atoms with E-state index >= 15 is 0 Å². The van der Waals surface area contributed by atoms with E-state index in [0.29, 0.717) is 6.20 Å². The Hall–Kier alpha value is -1.17. The molecule has 13 heavy (non-hydrogen) atoms. The van der Waals surface area contributed by atoms with Gasteiger partial charge in [0.1, 0.15) is 5.69 Å². The maximum atomic E-state index is 12.7. The van der Waals surface area contributed by atoms with Crippen molar-refractivity contribution >= 4 is 0 Å². The molecule has 1 aromatic heterocycles. The second kappa shape index (κ2) is 3.69. The Bertz CT molecular complexity index is 316. The molecule has 1 heterocycles. The molecule has 0 amide bonds. The first-order valence-corrected chi connectivity index (χ1v) is 3.29. The van der Waals surface area contributed by atoms with E-state index in [2.05, 4.69) is 4.98 Å². The van der Waals surface area contributed by atoms with E-state index in [9.17, 15) is 17.6 Å². The van der Waals surface area contributed by atoms with Crippen molar-refractivity contribution in [1.29, 1.82) is 0 Å². The number of hydrogen-bond acceptors (Lipinski definition) is 2. The average Bonchev–Trinajstić information content (AvgIpc) is 2.09. The third-order valence-electron chi connectivity index (χ3n) is 1.44. The first-order chi connectivity index (χ1) is 6.07.